The largest absolute Gasteiger partial charge is 0.454 e. The standard InChI is InChI=1S/C19H18F3N5O2/c1-12(2)14-5-13(6-23-7-14)10-27-17(28)4-3-16(26-27)15-8-24-18(25-9-15)29-11-19(20,21)22/h3-9,12H,10-11H2,1-2H3. The van der Waals surface area contributed by atoms with Crippen LogP contribution in [0.1, 0.15) is 30.9 Å². The smallest absolute Gasteiger partial charge is 0.422 e. The van der Waals surface area contributed by atoms with Gasteiger partial charge < -0.3 is 4.74 Å². The summed E-state index contributed by atoms with van der Waals surface area (Å²) in [6.07, 6.45) is 1.55. The van der Waals surface area contributed by atoms with Gasteiger partial charge in [0.05, 0.1) is 12.2 Å². The Balaban J connectivity index is 1.80. The van der Waals surface area contributed by atoms with Gasteiger partial charge in [0.25, 0.3) is 5.56 Å². The molecule has 29 heavy (non-hydrogen) atoms. The molecule has 0 saturated heterocycles. The first-order valence-corrected chi connectivity index (χ1v) is 8.75. The molecular formula is C19H18F3N5O2. The van der Waals surface area contributed by atoms with Crippen molar-refractivity contribution >= 4 is 0 Å². The normalized spacial score (nSPS) is 11.7. The van der Waals surface area contributed by atoms with Crippen LogP contribution in [0.3, 0.4) is 0 Å². The molecule has 3 aromatic rings. The second-order valence-electron chi connectivity index (χ2n) is 6.65. The fourth-order valence-corrected chi connectivity index (χ4v) is 2.47. The molecule has 3 heterocycles. The Hall–Kier alpha value is -3.30. The third kappa shape index (κ3) is 5.59. The molecule has 0 amide bonds. The number of rotatable bonds is 6. The van der Waals surface area contributed by atoms with Gasteiger partial charge >= 0.3 is 12.2 Å². The first-order valence-electron chi connectivity index (χ1n) is 8.75. The van der Waals surface area contributed by atoms with Gasteiger partial charge in [0.1, 0.15) is 0 Å². The molecule has 10 heteroatoms. The van der Waals surface area contributed by atoms with Crippen molar-refractivity contribution in [3.63, 3.8) is 0 Å². The lowest BCUT2D eigenvalue weighted by atomic mass is 10.0. The Bertz CT molecular complexity index is 1030. The molecule has 0 fully saturated rings. The number of hydrogen-bond acceptors (Lipinski definition) is 6. The van der Waals surface area contributed by atoms with Crippen LogP contribution >= 0.6 is 0 Å². The van der Waals surface area contributed by atoms with E-state index in [1.165, 1.54) is 29.2 Å². The van der Waals surface area contributed by atoms with Crippen molar-refractivity contribution in [1.82, 2.24) is 24.7 Å². The van der Waals surface area contributed by atoms with Gasteiger partial charge in [-0.25, -0.2) is 14.6 Å². The van der Waals surface area contributed by atoms with E-state index in [4.69, 9.17) is 0 Å². The van der Waals surface area contributed by atoms with E-state index in [0.717, 1.165) is 11.1 Å². The van der Waals surface area contributed by atoms with Gasteiger partial charge in [0.2, 0.25) is 0 Å². The van der Waals surface area contributed by atoms with Crippen molar-refractivity contribution in [3.05, 3.63) is 64.5 Å². The molecule has 0 saturated carbocycles. The van der Waals surface area contributed by atoms with E-state index in [1.54, 1.807) is 12.4 Å². The van der Waals surface area contributed by atoms with Crippen LogP contribution in [-0.2, 0) is 6.54 Å². The molecule has 0 unspecified atom stereocenters. The third-order valence-corrected chi connectivity index (χ3v) is 3.97. The average Bonchev–Trinajstić information content (AvgIpc) is 2.68. The molecule has 0 aliphatic carbocycles. The molecule has 3 rings (SSSR count). The summed E-state index contributed by atoms with van der Waals surface area (Å²) in [5.74, 6) is 0.300. The van der Waals surface area contributed by atoms with Crippen LogP contribution in [0.2, 0.25) is 0 Å². The van der Waals surface area contributed by atoms with Crippen LogP contribution in [0.25, 0.3) is 11.3 Å². The van der Waals surface area contributed by atoms with Crippen LogP contribution < -0.4 is 10.3 Å². The fraction of sp³-hybridized carbons (Fsp3) is 0.316. The van der Waals surface area contributed by atoms with E-state index in [-0.39, 0.29) is 12.1 Å². The van der Waals surface area contributed by atoms with Crippen molar-refractivity contribution < 1.29 is 17.9 Å². The van der Waals surface area contributed by atoms with Crippen LogP contribution in [-0.4, -0.2) is 37.5 Å². The Kier molecular flexibility index (Phi) is 5.90. The summed E-state index contributed by atoms with van der Waals surface area (Å²) in [5.41, 5.74) is 2.42. The van der Waals surface area contributed by atoms with E-state index >= 15 is 0 Å². The quantitative estimate of drug-likeness (QED) is 0.626. The molecule has 7 nitrogen and oxygen atoms in total. The minimum Gasteiger partial charge on any atom is -0.454 e. The van der Waals surface area contributed by atoms with Crippen molar-refractivity contribution in [2.75, 3.05) is 6.61 Å². The molecular weight excluding hydrogens is 387 g/mol. The summed E-state index contributed by atoms with van der Waals surface area (Å²) in [4.78, 5) is 23.9. The molecule has 0 atom stereocenters. The van der Waals surface area contributed by atoms with Gasteiger partial charge in [-0.2, -0.15) is 18.3 Å². The maximum absolute atomic E-state index is 12.2. The second-order valence-corrected chi connectivity index (χ2v) is 6.65. The van der Waals surface area contributed by atoms with E-state index in [2.05, 4.69) is 24.8 Å². The van der Waals surface area contributed by atoms with Gasteiger partial charge in [0.15, 0.2) is 6.61 Å². The van der Waals surface area contributed by atoms with E-state index in [1.807, 2.05) is 19.9 Å². The highest BCUT2D eigenvalue weighted by Gasteiger charge is 2.28. The number of aromatic nitrogens is 5. The van der Waals surface area contributed by atoms with Crippen molar-refractivity contribution in [1.29, 1.82) is 0 Å². The highest BCUT2D eigenvalue weighted by atomic mass is 19.4. The maximum Gasteiger partial charge on any atom is 0.422 e. The summed E-state index contributed by atoms with van der Waals surface area (Å²) in [5, 5.41) is 4.30. The molecule has 0 bridgehead atoms. The number of alkyl halides is 3. The lowest BCUT2D eigenvalue weighted by molar-refractivity contribution is -0.154. The second kappa shape index (κ2) is 8.38. The van der Waals surface area contributed by atoms with Crippen molar-refractivity contribution in [3.8, 4) is 17.3 Å². The summed E-state index contributed by atoms with van der Waals surface area (Å²) >= 11 is 0. The minimum absolute atomic E-state index is 0.230. The lowest BCUT2D eigenvalue weighted by Crippen LogP contribution is -2.23. The van der Waals surface area contributed by atoms with E-state index < -0.39 is 18.8 Å². The zero-order valence-electron chi connectivity index (χ0n) is 15.7. The topological polar surface area (TPSA) is 82.8 Å². The highest BCUT2D eigenvalue weighted by Crippen LogP contribution is 2.18. The predicted molar refractivity (Wildman–Crippen MR) is 98.5 cm³/mol. The Morgan fingerprint density at radius 1 is 1.10 bits per heavy atom. The Morgan fingerprint density at radius 3 is 2.48 bits per heavy atom. The first-order chi connectivity index (χ1) is 13.7. The minimum atomic E-state index is -4.47. The monoisotopic (exact) mass is 405 g/mol. The van der Waals surface area contributed by atoms with Gasteiger partial charge in [-0.05, 0) is 23.1 Å². The zero-order chi connectivity index (χ0) is 21.0. The summed E-state index contributed by atoms with van der Waals surface area (Å²) in [6, 6.07) is 4.43. The highest BCUT2D eigenvalue weighted by molar-refractivity contribution is 5.55. The van der Waals surface area contributed by atoms with Crippen LogP contribution in [0, 0.1) is 0 Å². The number of ether oxygens (including phenoxy) is 1. The molecule has 0 aliphatic rings. The average molecular weight is 405 g/mol. The molecule has 0 radical (unpaired) electrons. The predicted octanol–water partition coefficient (Wildman–Crippen LogP) is 3.21. The molecule has 152 valence electrons. The zero-order valence-corrected chi connectivity index (χ0v) is 15.7. The number of hydrogen-bond donors (Lipinski definition) is 0. The van der Waals surface area contributed by atoms with Crippen molar-refractivity contribution in [2.45, 2.75) is 32.5 Å². The van der Waals surface area contributed by atoms with Crippen LogP contribution in [0.5, 0.6) is 6.01 Å². The molecule has 3 aromatic heterocycles. The van der Waals surface area contributed by atoms with Gasteiger partial charge in [-0.1, -0.05) is 19.9 Å². The third-order valence-electron chi connectivity index (χ3n) is 3.97. The SMILES string of the molecule is CC(C)c1cncc(Cn2nc(-c3cnc(OCC(F)(F)F)nc3)ccc2=O)c1. The van der Waals surface area contributed by atoms with Gasteiger partial charge in [0, 0.05) is 36.4 Å². The lowest BCUT2D eigenvalue weighted by Gasteiger charge is -2.10. The number of halogens is 3. The van der Waals surface area contributed by atoms with Crippen molar-refractivity contribution in [2.24, 2.45) is 0 Å². The van der Waals surface area contributed by atoms with Gasteiger partial charge in [-0.3, -0.25) is 9.78 Å². The maximum atomic E-state index is 12.2. The van der Waals surface area contributed by atoms with E-state index in [0.29, 0.717) is 17.2 Å². The molecule has 0 spiro atoms. The Morgan fingerprint density at radius 2 is 1.83 bits per heavy atom. The van der Waals surface area contributed by atoms with Gasteiger partial charge in [-0.15, -0.1) is 0 Å². The molecule has 0 aromatic carbocycles. The van der Waals surface area contributed by atoms with Crippen LogP contribution in [0.15, 0.2) is 47.8 Å². The van der Waals surface area contributed by atoms with Crippen LogP contribution in [0.4, 0.5) is 13.2 Å². The summed E-state index contributed by atoms with van der Waals surface area (Å²) < 4.78 is 42.3. The first kappa shape index (κ1) is 20.4. The number of nitrogens with zero attached hydrogens (tertiary/aromatic N) is 5. The summed E-state index contributed by atoms with van der Waals surface area (Å²) in [7, 11) is 0. The number of pyridine rings is 1. The molecule has 0 N–H and O–H groups in total. The Labute approximate surface area is 164 Å². The summed E-state index contributed by atoms with van der Waals surface area (Å²) in [6.45, 7) is 2.86. The molecule has 0 aliphatic heterocycles. The fourth-order valence-electron chi connectivity index (χ4n) is 2.47. The van der Waals surface area contributed by atoms with E-state index in [9.17, 15) is 18.0 Å².